The second kappa shape index (κ2) is 12.6. The number of nitriles is 1. The van der Waals surface area contributed by atoms with Gasteiger partial charge in [-0.3, -0.25) is 9.59 Å². The van der Waals surface area contributed by atoms with Crippen molar-refractivity contribution in [3.63, 3.8) is 0 Å². The number of carboxylic acid groups (broad SMARTS) is 1. The van der Waals surface area contributed by atoms with E-state index in [1.54, 1.807) is 0 Å². The lowest BCUT2D eigenvalue weighted by molar-refractivity contribution is -0.142. The Balaban J connectivity index is 1.85. The van der Waals surface area contributed by atoms with Crippen LogP contribution in [0.15, 0.2) is 23.2 Å². The van der Waals surface area contributed by atoms with Crippen LogP contribution < -0.4 is 5.32 Å². The number of hydrogen-bond donors (Lipinski definition) is 2. The number of amides is 2. The minimum atomic E-state index is -2.55. The molecule has 1 saturated heterocycles. The number of carboxylic acids is 1. The number of nitrogens with zero attached hydrogens (tertiary/aromatic N) is 4. The molecule has 1 saturated carbocycles. The van der Waals surface area contributed by atoms with E-state index in [0.717, 1.165) is 24.2 Å². The minimum Gasteiger partial charge on any atom is -0.478 e. The molecule has 1 unspecified atom stereocenters. The Hall–Kier alpha value is -4.02. The molecule has 0 radical (unpaired) electrons. The van der Waals surface area contributed by atoms with E-state index < -0.39 is 74.1 Å². The smallest absolute Gasteiger partial charge is 0.337 e. The van der Waals surface area contributed by atoms with Gasteiger partial charge in [0.2, 0.25) is 0 Å². The lowest BCUT2D eigenvalue weighted by Crippen LogP contribution is -2.59. The molecule has 2 aromatic rings. The van der Waals surface area contributed by atoms with Crippen molar-refractivity contribution < 1.29 is 37.1 Å². The number of nitrogens with one attached hydrogen (secondary N) is 1. The van der Waals surface area contributed by atoms with Crippen LogP contribution in [0.4, 0.5) is 17.6 Å². The van der Waals surface area contributed by atoms with E-state index in [1.807, 2.05) is 11.9 Å². The first kappa shape index (κ1) is 33.3. The van der Waals surface area contributed by atoms with Crippen molar-refractivity contribution in [1.29, 1.82) is 5.26 Å². The molecule has 9 nitrogen and oxygen atoms in total. The second-order valence-electron chi connectivity index (χ2n) is 12.3. The van der Waals surface area contributed by atoms with Crippen molar-refractivity contribution in [2.24, 2.45) is 10.9 Å². The normalized spacial score (nSPS) is 20.5. The summed E-state index contributed by atoms with van der Waals surface area (Å²) in [4.78, 5) is 47.8. The van der Waals surface area contributed by atoms with Gasteiger partial charge in [-0.1, -0.05) is 43.7 Å². The van der Waals surface area contributed by atoms with Gasteiger partial charge in [0, 0.05) is 31.3 Å². The predicted molar refractivity (Wildman–Crippen MR) is 159 cm³/mol. The van der Waals surface area contributed by atoms with Gasteiger partial charge >= 0.3 is 5.97 Å². The van der Waals surface area contributed by atoms with Crippen molar-refractivity contribution in [2.45, 2.75) is 62.4 Å². The van der Waals surface area contributed by atoms with E-state index in [-0.39, 0.29) is 36.3 Å². The minimum absolute atomic E-state index is 0.197. The molecule has 244 valence electrons. The van der Waals surface area contributed by atoms with Crippen LogP contribution in [0.25, 0.3) is 0 Å². The molecule has 2 aromatic carbocycles. The first-order chi connectivity index (χ1) is 21.7. The van der Waals surface area contributed by atoms with Gasteiger partial charge in [0.05, 0.1) is 22.2 Å². The summed E-state index contributed by atoms with van der Waals surface area (Å²) in [5, 5.41) is 21.9. The number of piperidine rings is 1. The number of carbonyl (C=O) groups excluding carboxylic acids is 2. The molecule has 5 rings (SSSR count). The highest BCUT2D eigenvalue weighted by atomic mass is 35.5. The maximum Gasteiger partial charge on any atom is 0.337 e. The van der Waals surface area contributed by atoms with Gasteiger partial charge in [0.25, 0.3) is 11.8 Å². The van der Waals surface area contributed by atoms with Crippen LogP contribution in [0.5, 0.6) is 0 Å². The summed E-state index contributed by atoms with van der Waals surface area (Å²) in [5.41, 5.74) is -6.24. The molecule has 2 heterocycles. The average Bonchev–Trinajstić information content (AvgIpc) is 3.32. The molecule has 2 amide bonds. The molecule has 2 fully saturated rings. The monoisotopic (exact) mass is 661 g/mol. The zero-order valence-electron chi connectivity index (χ0n) is 25.2. The molecule has 46 heavy (non-hydrogen) atoms. The maximum atomic E-state index is 16.3. The van der Waals surface area contributed by atoms with Gasteiger partial charge in [-0.05, 0) is 50.4 Å². The molecular formula is C32H32ClF4N5O4. The van der Waals surface area contributed by atoms with E-state index in [2.05, 4.69) is 16.4 Å². The predicted octanol–water partition coefficient (Wildman–Crippen LogP) is 5.40. The third kappa shape index (κ3) is 5.73. The Morgan fingerprint density at radius 3 is 2.30 bits per heavy atom. The van der Waals surface area contributed by atoms with Crippen LogP contribution in [-0.2, 0) is 10.3 Å². The summed E-state index contributed by atoms with van der Waals surface area (Å²) >= 11 is 6.57. The lowest BCUT2D eigenvalue weighted by Gasteiger charge is -2.46. The van der Waals surface area contributed by atoms with E-state index in [0.29, 0.717) is 44.1 Å². The summed E-state index contributed by atoms with van der Waals surface area (Å²) < 4.78 is 60.2. The molecule has 0 bridgehead atoms. The summed E-state index contributed by atoms with van der Waals surface area (Å²) in [7, 11) is 3.19. The van der Waals surface area contributed by atoms with Gasteiger partial charge < -0.3 is 20.2 Å². The van der Waals surface area contributed by atoms with Crippen molar-refractivity contribution in [1.82, 2.24) is 15.1 Å². The molecule has 0 spiro atoms. The Morgan fingerprint density at radius 2 is 1.72 bits per heavy atom. The van der Waals surface area contributed by atoms with Crippen molar-refractivity contribution >= 4 is 35.2 Å². The number of amidine groups is 1. The highest BCUT2D eigenvalue weighted by Gasteiger charge is 2.53. The number of likely N-dealkylation sites (tertiary alicyclic amines) is 1. The number of carbonyl (C=O) groups is 3. The Labute approximate surface area is 267 Å². The van der Waals surface area contributed by atoms with Crippen LogP contribution in [0.3, 0.4) is 0 Å². The topological polar surface area (TPSA) is 126 Å². The highest BCUT2D eigenvalue weighted by molar-refractivity contribution is 6.35. The van der Waals surface area contributed by atoms with E-state index in [1.165, 1.54) is 7.05 Å². The number of hydrogen-bond acceptors (Lipinski definition) is 6. The Bertz CT molecular complexity index is 1680. The summed E-state index contributed by atoms with van der Waals surface area (Å²) in [6.07, 6.45) is 3.59. The molecule has 14 heteroatoms. The SMILES string of the molecule is CN1CCC(C#N)(N(C)C(=O)C(CC2CCCCC2)(N=C2NC(=O)c3cc(F)c(F)cc32)c2c(F)c(F)cc(C(=O)O)c2Cl)CC1. The van der Waals surface area contributed by atoms with E-state index >= 15 is 13.6 Å². The number of likely N-dealkylation sites (N-methyl/N-ethyl adjacent to an activating group) is 1. The molecule has 0 aromatic heterocycles. The number of rotatable bonds is 7. The highest BCUT2D eigenvalue weighted by Crippen LogP contribution is 2.47. The molecule has 2 N–H and O–H groups in total. The Morgan fingerprint density at radius 1 is 1.11 bits per heavy atom. The third-order valence-electron chi connectivity index (χ3n) is 9.53. The fourth-order valence-electron chi connectivity index (χ4n) is 6.81. The van der Waals surface area contributed by atoms with Crippen LogP contribution in [0.1, 0.15) is 83.2 Å². The average molecular weight is 662 g/mol. The fraction of sp³-hybridized carbons (Fsp3) is 0.469. The molecular weight excluding hydrogens is 630 g/mol. The van der Waals surface area contributed by atoms with Gasteiger partial charge in [-0.15, -0.1) is 0 Å². The maximum absolute atomic E-state index is 16.3. The van der Waals surface area contributed by atoms with E-state index in [9.17, 15) is 28.7 Å². The number of fused-ring (bicyclic) bond motifs is 1. The van der Waals surface area contributed by atoms with Crippen molar-refractivity contribution in [3.05, 3.63) is 68.7 Å². The van der Waals surface area contributed by atoms with Gasteiger partial charge in [0.15, 0.2) is 28.8 Å². The number of halogens is 5. The van der Waals surface area contributed by atoms with Gasteiger partial charge in [0.1, 0.15) is 11.4 Å². The molecule has 1 atom stereocenters. The summed E-state index contributed by atoms with van der Waals surface area (Å²) in [6.45, 7) is 0.865. The number of aliphatic imine (C=N–C) groups is 1. The van der Waals surface area contributed by atoms with Gasteiger partial charge in [-0.25, -0.2) is 27.3 Å². The van der Waals surface area contributed by atoms with Crippen LogP contribution >= 0.6 is 11.6 Å². The van der Waals surface area contributed by atoms with Crippen molar-refractivity contribution in [2.75, 3.05) is 27.2 Å². The standard InChI is InChI=1S/C32H32ClF4N5O4/c1-41-10-8-31(16-38,9-11-41)42(2)30(46)32(15-17-6-4-3-5-7-17,24-25(33)20(29(44)45)14-23(36)26(24)37)40-27-18-12-21(34)22(35)13-19(18)28(43)39-27/h12-14,17H,3-11,15H2,1-2H3,(H,44,45)(H,39,40,43). The fourth-order valence-corrected chi connectivity index (χ4v) is 7.19. The van der Waals surface area contributed by atoms with Crippen LogP contribution in [0, 0.1) is 40.5 Å². The summed E-state index contributed by atoms with van der Waals surface area (Å²) in [5.74, 6) is -10.3. The first-order valence-corrected chi connectivity index (χ1v) is 15.3. The van der Waals surface area contributed by atoms with E-state index in [4.69, 9.17) is 11.6 Å². The number of aromatic carboxylic acids is 1. The molecule has 1 aliphatic carbocycles. The largest absolute Gasteiger partial charge is 0.478 e. The van der Waals surface area contributed by atoms with Crippen LogP contribution in [-0.4, -0.2) is 71.2 Å². The first-order valence-electron chi connectivity index (χ1n) is 14.9. The zero-order chi connectivity index (χ0) is 33.6. The number of benzene rings is 2. The van der Waals surface area contributed by atoms with Crippen LogP contribution in [0.2, 0.25) is 5.02 Å². The molecule has 3 aliphatic rings. The second-order valence-corrected chi connectivity index (χ2v) is 12.7. The lowest BCUT2D eigenvalue weighted by atomic mass is 9.74. The molecule has 2 aliphatic heterocycles. The van der Waals surface area contributed by atoms with Gasteiger partial charge in [-0.2, -0.15) is 5.26 Å². The third-order valence-corrected chi connectivity index (χ3v) is 9.92. The quantitative estimate of drug-likeness (QED) is 0.303. The Kier molecular flexibility index (Phi) is 9.16. The summed E-state index contributed by atoms with van der Waals surface area (Å²) in [6, 6.07) is 3.97. The zero-order valence-corrected chi connectivity index (χ0v) is 26.0. The van der Waals surface area contributed by atoms with Crippen molar-refractivity contribution in [3.8, 4) is 6.07 Å².